The number of ether oxygens (including phenoxy) is 1. The van der Waals surface area contributed by atoms with Gasteiger partial charge in [0.05, 0.1) is 22.1 Å². The Morgan fingerprint density at radius 1 is 1.08 bits per heavy atom. The normalized spacial score (nSPS) is 18.4. The number of anilines is 1. The van der Waals surface area contributed by atoms with Crippen molar-refractivity contribution in [3.63, 3.8) is 0 Å². The Kier molecular flexibility index (Phi) is 7.57. The van der Waals surface area contributed by atoms with Crippen LogP contribution in [0.4, 0.5) is 5.69 Å². The van der Waals surface area contributed by atoms with Crippen LogP contribution in [0.3, 0.4) is 0 Å². The number of benzene rings is 2. The molecule has 8 nitrogen and oxygen atoms in total. The fourth-order valence-electron chi connectivity index (χ4n) is 4.77. The van der Waals surface area contributed by atoms with Crippen molar-refractivity contribution in [2.24, 2.45) is 5.92 Å². The number of hydrogen-bond donors (Lipinski definition) is 0. The predicted molar refractivity (Wildman–Crippen MR) is 144 cm³/mol. The van der Waals surface area contributed by atoms with E-state index >= 15 is 0 Å². The quantitative estimate of drug-likeness (QED) is 0.244. The van der Waals surface area contributed by atoms with Gasteiger partial charge in [0.2, 0.25) is 11.8 Å². The topological polar surface area (TPSA) is 117 Å². The maximum absolute atomic E-state index is 13.2. The molecule has 5 rings (SSSR count). The van der Waals surface area contributed by atoms with Crippen molar-refractivity contribution < 1.29 is 23.9 Å². The first kappa shape index (κ1) is 26.3. The molecule has 2 heterocycles. The van der Waals surface area contributed by atoms with E-state index in [1.807, 2.05) is 6.07 Å². The van der Waals surface area contributed by atoms with Crippen molar-refractivity contribution in [2.75, 3.05) is 11.5 Å². The molecule has 1 fully saturated rings. The van der Waals surface area contributed by atoms with E-state index in [1.165, 1.54) is 24.3 Å². The number of aromatic nitrogens is 1. The molecule has 0 saturated carbocycles. The summed E-state index contributed by atoms with van der Waals surface area (Å²) in [6.07, 6.45) is 2.71. The van der Waals surface area contributed by atoms with Gasteiger partial charge in [-0.2, -0.15) is 5.26 Å². The Morgan fingerprint density at radius 3 is 2.54 bits per heavy atom. The number of rotatable bonds is 7. The molecule has 2 atom stereocenters. The van der Waals surface area contributed by atoms with Gasteiger partial charge in [0, 0.05) is 17.7 Å². The number of carbonyl (C=O) groups excluding carboxylic acids is 4. The molecule has 1 aliphatic heterocycles. The first-order chi connectivity index (χ1) is 18.8. The molecule has 39 heavy (non-hydrogen) atoms. The van der Waals surface area contributed by atoms with E-state index in [0.717, 1.165) is 47.2 Å². The van der Waals surface area contributed by atoms with Gasteiger partial charge in [-0.15, -0.1) is 0 Å². The van der Waals surface area contributed by atoms with Crippen molar-refractivity contribution in [3.8, 4) is 6.07 Å². The van der Waals surface area contributed by atoms with Gasteiger partial charge in [0.15, 0.2) is 12.4 Å². The Morgan fingerprint density at radius 2 is 1.82 bits per heavy atom. The molecule has 0 bridgehead atoms. The number of nitrogens with zero attached hydrogens (tertiary/aromatic N) is 3. The molecule has 1 aromatic heterocycles. The molecule has 0 N–H and O–H groups in total. The van der Waals surface area contributed by atoms with Crippen LogP contribution in [0.5, 0.6) is 0 Å². The van der Waals surface area contributed by atoms with Crippen LogP contribution in [0, 0.1) is 17.2 Å². The third-order valence-corrected chi connectivity index (χ3v) is 8.06. The number of ketones is 1. The second-order valence-electron chi connectivity index (χ2n) is 9.70. The van der Waals surface area contributed by atoms with E-state index in [9.17, 15) is 24.4 Å². The molecular weight excluding hydrogens is 514 g/mol. The second kappa shape index (κ2) is 11.2. The number of Topliss-reactive ketones (excluding diaryl/α,β-unsaturated/α-hetero) is 1. The summed E-state index contributed by atoms with van der Waals surface area (Å²) in [5.74, 6) is -1.23. The number of nitriles is 1. The fourth-order valence-corrected chi connectivity index (χ4v) is 5.86. The van der Waals surface area contributed by atoms with Crippen molar-refractivity contribution in [2.45, 2.75) is 42.9 Å². The van der Waals surface area contributed by atoms with Crippen molar-refractivity contribution in [1.29, 1.82) is 5.26 Å². The SMILES string of the molecule is CC1CCc2nc(SC3CC(=O)N(c4ccc(C(=O)OCC(=O)c5ccccc5)cc4)C3=O)c(C#N)cc2C1. The van der Waals surface area contributed by atoms with Crippen LogP contribution in [0.25, 0.3) is 0 Å². The summed E-state index contributed by atoms with van der Waals surface area (Å²) in [5.41, 5.74) is 3.42. The van der Waals surface area contributed by atoms with Gasteiger partial charge < -0.3 is 4.74 Å². The summed E-state index contributed by atoms with van der Waals surface area (Å²) in [5, 5.41) is 9.45. The van der Waals surface area contributed by atoms with E-state index in [0.29, 0.717) is 27.8 Å². The Bertz CT molecular complexity index is 1500. The Labute approximate surface area is 230 Å². The van der Waals surface area contributed by atoms with Crippen molar-refractivity contribution >= 4 is 41.0 Å². The number of amides is 2. The number of aryl methyl sites for hydroxylation is 1. The van der Waals surface area contributed by atoms with E-state index in [-0.39, 0.29) is 23.7 Å². The van der Waals surface area contributed by atoms with Crippen LogP contribution in [-0.4, -0.2) is 40.4 Å². The maximum Gasteiger partial charge on any atom is 0.338 e. The molecule has 2 aromatic carbocycles. The van der Waals surface area contributed by atoms with Crippen molar-refractivity contribution in [3.05, 3.63) is 88.6 Å². The molecule has 196 valence electrons. The smallest absolute Gasteiger partial charge is 0.338 e. The van der Waals surface area contributed by atoms with Gasteiger partial charge >= 0.3 is 5.97 Å². The van der Waals surface area contributed by atoms with Crippen LogP contribution in [0.15, 0.2) is 65.7 Å². The number of imide groups is 1. The van der Waals surface area contributed by atoms with Gasteiger partial charge in [0.25, 0.3) is 0 Å². The second-order valence-corrected chi connectivity index (χ2v) is 10.9. The van der Waals surface area contributed by atoms with Crippen LogP contribution < -0.4 is 4.90 Å². The lowest BCUT2D eigenvalue weighted by atomic mass is 9.87. The molecule has 9 heteroatoms. The summed E-state index contributed by atoms with van der Waals surface area (Å²) in [6.45, 7) is 1.78. The maximum atomic E-state index is 13.2. The zero-order chi connectivity index (χ0) is 27.5. The summed E-state index contributed by atoms with van der Waals surface area (Å²) in [7, 11) is 0. The highest BCUT2D eigenvalue weighted by Gasteiger charge is 2.41. The molecule has 1 saturated heterocycles. The van der Waals surface area contributed by atoms with Gasteiger partial charge in [-0.3, -0.25) is 14.4 Å². The molecule has 1 aliphatic carbocycles. The summed E-state index contributed by atoms with van der Waals surface area (Å²) < 4.78 is 5.13. The summed E-state index contributed by atoms with van der Waals surface area (Å²) >= 11 is 1.15. The number of esters is 1. The minimum atomic E-state index is -0.702. The lowest BCUT2D eigenvalue weighted by molar-refractivity contribution is -0.121. The van der Waals surface area contributed by atoms with Crippen LogP contribution in [0.2, 0.25) is 0 Å². The average Bonchev–Trinajstić information content (AvgIpc) is 3.23. The van der Waals surface area contributed by atoms with E-state index in [2.05, 4.69) is 13.0 Å². The van der Waals surface area contributed by atoms with Crippen LogP contribution >= 0.6 is 11.8 Å². The van der Waals surface area contributed by atoms with Crippen molar-refractivity contribution in [1.82, 2.24) is 4.98 Å². The Balaban J connectivity index is 1.25. The molecule has 0 spiro atoms. The molecule has 2 aliphatic rings. The largest absolute Gasteiger partial charge is 0.454 e. The molecule has 0 radical (unpaired) electrons. The molecule has 3 aromatic rings. The minimum absolute atomic E-state index is 0.0183. The fraction of sp³-hybridized carbons (Fsp3) is 0.267. The highest BCUT2D eigenvalue weighted by Crippen LogP contribution is 2.36. The first-order valence-electron chi connectivity index (χ1n) is 12.7. The van der Waals surface area contributed by atoms with Crippen LogP contribution in [-0.2, 0) is 27.2 Å². The Hall–Kier alpha value is -4.29. The minimum Gasteiger partial charge on any atom is -0.454 e. The average molecular weight is 540 g/mol. The number of pyridine rings is 1. The number of carbonyl (C=O) groups is 4. The number of thioether (sulfide) groups is 1. The zero-order valence-electron chi connectivity index (χ0n) is 21.3. The number of hydrogen-bond acceptors (Lipinski definition) is 8. The summed E-state index contributed by atoms with van der Waals surface area (Å²) in [6, 6.07) is 18.5. The standard InChI is InChI=1S/C30H25N3O5S/c1-18-7-12-24-21(13-18)14-22(16-31)28(32-24)39-26-15-27(35)33(29(26)36)23-10-8-20(9-11-23)30(37)38-17-25(34)19-5-3-2-4-6-19/h2-6,8-11,14,18,26H,7,12-13,15,17H2,1H3. The highest BCUT2D eigenvalue weighted by atomic mass is 32.2. The van der Waals surface area contributed by atoms with Gasteiger partial charge in [-0.05, 0) is 61.1 Å². The van der Waals surface area contributed by atoms with Gasteiger partial charge in [0.1, 0.15) is 11.1 Å². The lowest BCUT2D eigenvalue weighted by Gasteiger charge is -2.22. The van der Waals surface area contributed by atoms with Gasteiger partial charge in [-0.25, -0.2) is 14.7 Å². The van der Waals surface area contributed by atoms with E-state index < -0.39 is 23.7 Å². The monoisotopic (exact) mass is 539 g/mol. The molecule has 2 amide bonds. The highest BCUT2D eigenvalue weighted by molar-refractivity contribution is 8.00. The zero-order valence-corrected chi connectivity index (χ0v) is 22.1. The van der Waals surface area contributed by atoms with E-state index in [1.54, 1.807) is 30.3 Å². The third kappa shape index (κ3) is 5.61. The lowest BCUT2D eigenvalue weighted by Crippen LogP contribution is -2.31. The molecule has 2 unspecified atom stereocenters. The van der Waals surface area contributed by atoms with Crippen LogP contribution in [0.1, 0.15) is 57.3 Å². The third-order valence-electron chi connectivity index (χ3n) is 6.87. The van der Waals surface area contributed by atoms with E-state index in [4.69, 9.17) is 9.72 Å². The van der Waals surface area contributed by atoms with Gasteiger partial charge in [-0.1, -0.05) is 49.0 Å². The molecular formula is C30H25N3O5S. The number of fused-ring (bicyclic) bond motifs is 1. The first-order valence-corrected chi connectivity index (χ1v) is 13.5. The predicted octanol–water partition coefficient (Wildman–Crippen LogP) is 4.54. The summed E-state index contributed by atoms with van der Waals surface area (Å²) in [4.78, 5) is 56.4.